The van der Waals surface area contributed by atoms with Gasteiger partial charge in [-0.1, -0.05) is 12.8 Å². The number of aromatic nitrogens is 2. The summed E-state index contributed by atoms with van der Waals surface area (Å²) in [6, 6.07) is 3.92. The molecule has 1 atom stereocenters. The fourth-order valence-corrected chi connectivity index (χ4v) is 3.32. The van der Waals surface area contributed by atoms with Crippen LogP contribution in [0.15, 0.2) is 22.7 Å². The number of carbonyl (C=O) groups is 1. The normalized spacial score (nSPS) is 17.8. The highest BCUT2D eigenvalue weighted by atomic mass is 16.4. The van der Waals surface area contributed by atoms with Crippen LogP contribution in [0.5, 0.6) is 0 Å². The van der Waals surface area contributed by atoms with Crippen molar-refractivity contribution in [1.29, 1.82) is 0 Å². The Morgan fingerprint density at radius 1 is 1.42 bits per heavy atom. The first-order valence-corrected chi connectivity index (χ1v) is 8.50. The molecule has 130 valence electrons. The van der Waals surface area contributed by atoms with Crippen molar-refractivity contribution in [3.63, 3.8) is 0 Å². The van der Waals surface area contributed by atoms with Gasteiger partial charge in [0.15, 0.2) is 0 Å². The Hall–Kier alpha value is -2.08. The first-order chi connectivity index (χ1) is 11.4. The summed E-state index contributed by atoms with van der Waals surface area (Å²) in [6.45, 7) is 5.44. The summed E-state index contributed by atoms with van der Waals surface area (Å²) in [5.74, 6) is 0.948. The van der Waals surface area contributed by atoms with Crippen LogP contribution in [-0.2, 0) is 5.60 Å². The van der Waals surface area contributed by atoms with Gasteiger partial charge in [-0.2, -0.15) is 5.10 Å². The average Bonchev–Trinajstić information content (AvgIpc) is 3.25. The van der Waals surface area contributed by atoms with E-state index < -0.39 is 5.60 Å². The lowest BCUT2D eigenvalue weighted by Crippen LogP contribution is -2.38. The summed E-state index contributed by atoms with van der Waals surface area (Å²) >= 11 is 0. The SMILES string of the molecule is Cc1ccc(C(C)(O)CNC(=O)c2cnn(C3CCCC3)c2C)o1. The van der Waals surface area contributed by atoms with Crippen molar-refractivity contribution in [3.05, 3.63) is 41.1 Å². The van der Waals surface area contributed by atoms with E-state index in [9.17, 15) is 9.90 Å². The number of nitrogens with one attached hydrogen (secondary N) is 1. The molecule has 6 heteroatoms. The van der Waals surface area contributed by atoms with Crippen LogP contribution in [-0.4, -0.2) is 27.3 Å². The highest BCUT2D eigenvalue weighted by molar-refractivity contribution is 5.95. The smallest absolute Gasteiger partial charge is 0.254 e. The van der Waals surface area contributed by atoms with Gasteiger partial charge in [-0.25, -0.2) is 0 Å². The summed E-state index contributed by atoms with van der Waals surface area (Å²) in [5.41, 5.74) is 0.195. The lowest BCUT2D eigenvalue weighted by atomic mass is 10.0. The molecule has 0 spiro atoms. The minimum atomic E-state index is -1.25. The van der Waals surface area contributed by atoms with Crippen LogP contribution >= 0.6 is 0 Å². The molecule has 0 saturated heterocycles. The molecule has 0 aromatic carbocycles. The maximum Gasteiger partial charge on any atom is 0.254 e. The Bertz CT molecular complexity index is 724. The molecule has 0 radical (unpaired) electrons. The second-order valence-corrected chi connectivity index (χ2v) is 6.89. The molecule has 1 unspecified atom stereocenters. The van der Waals surface area contributed by atoms with Crippen molar-refractivity contribution < 1.29 is 14.3 Å². The molecule has 2 aromatic rings. The van der Waals surface area contributed by atoms with Gasteiger partial charge < -0.3 is 14.8 Å². The van der Waals surface area contributed by atoms with E-state index in [1.807, 2.05) is 18.5 Å². The monoisotopic (exact) mass is 331 g/mol. The lowest BCUT2D eigenvalue weighted by Gasteiger charge is -2.21. The molecule has 2 aromatic heterocycles. The fourth-order valence-electron chi connectivity index (χ4n) is 3.32. The number of carbonyl (C=O) groups excluding carboxylic acids is 1. The largest absolute Gasteiger partial charge is 0.463 e. The summed E-state index contributed by atoms with van der Waals surface area (Å²) in [5, 5.41) is 17.7. The second kappa shape index (κ2) is 6.43. The lowest BCUT2D eigenvalue weighted by molar-refractivity contribution is 0.0323. The second-order valence-electron chi connectivity index (χ2n) is 6.89. The molecule has 1 fully saturated rings. The van der Waals surface area contributed by atoms with Gasteiger partial charge in [-0.3, -0.25) is 9.48 Å². The van der Waals surface area contributed by atoms with Gasteiger partial charge in [0.25, 0.3) is 5.91 Å². The predicted octanol–water partition coefficient (Wildman–Crippen LogP) is 2.85. The molecule has 0 bridgehead atoms. The van der Waals surface area contributed by atoms with Gasteiger partial charge in [0.05, 0.1) is 24.3 Å². The first-order valence-electron chi connectivity index (χ1n) is 8.50. The van der Waals surface area contributed by atoms with E-state index in [0.717, 1.165) is 24.3 Å². The van der Waals surface area contributed by atoms with E-state index in [1.54, 1.807) is 25.3 Å². The van der Waals surface area contributed by atoms with Crippen LogP contribution in [0, 0.1) is 13.8 Å². The molecule has 24 heavy (non-hydrogen) atoms. The van der Waals surface area contributed by atoms with Crippen molar-refractivity contribution in [2.75, 3.05) is 6.54 Å². The minimum Gasteiger partial charge on any atom is -0.463 e. The summed E-state index contributed by atoms with van der Waals surface area (Å²) in [4.78, 5) is 12.5. The predicted molar refractivity (Wildman–Crippen MR) is 89.8 cm³/mol. The van der Waals surface area contributed by atoms with Crippen LogP contribution in [0.25, 0.3) is 0 Å². The number of aryl methyl sites for hydroxylation is 1. The van der Waals surface area contributed by atoms with Gasteiger partial charge in [-0.05, 0) is 45.7 Å². The van der Waals surface area contributed by atoms with Crippen LogP contribution in [0.1, 0.15) is 66.2 Å². The molecule has 0 aliphatic heterocycles. The quantitative estimate of drug-likeness (QED) is 0.883. The van der Waals surface area contributed by atoms with E-state index in [2.05, 4.69) is 10.4 Å². The zero-order valence-electron chi connectivity index (χ0n) is 14.5. The van der Waals surface area contributed by atoms with Gasteiger partial charge in [0, 0.05) is 5.69 Å². The molecule has 6 nitrogen and oxygen atoms in total. The van der Waals surface area contributed by atoms with E-state index >= 15 is 0 Å². The third kappa shape index (κ3) is 3.24. The van der Waals surface area contributed by atoms with Gasteiger partial charge in [-0.15, -0.1) is 0 Å². The van der Waals surface area contributed by atoms with Crippen molar-refractivity contribution in [2.45, 2.75) is 58.1 Å². The number of furan rings is 1. The van der Waals surface area contributed by atoms with Crippen molar-refractivity contribution in [1.82, 2.24) is 15.1 Å². The number of nitrogens with zero attached hydrogens (tertiary/aromatic N) is 2. The summed E-state index contributed by atoms with van der Waals surface area (Å²) in [6.07, 6.45) is 6.30. The van der Waals surface area contributed by atoms with Gasteiger partial charge >= 0.3 is 0 Å². The van der Waals surface area contributed by atoms with Crippen molar-refractivity contribution in [2.24, 2.45) is 0 Å². The summed E-state index contributed by atoms with van der Waals surface area (Å²) < 4.78 is 7.43. The molecule has 3 rings (SSSR count). The van der Waals surface area contributed by atoms with Gasteiger partial charge in [0.1, 0.15) is 17.1 Å². The van der Waals surface area contributed by atoms with E-state index in [-0.39, 0.29) is 12.5 Å². The molecule has 1 aliphatic rings. The standard InChI is InChI=1S/C18H25N3O3/c1-12-8-9-16(24-12)18(3,23)11-19-17(22)15-10-20-21(13(15)2)14-6-4-5-7-14/h8-10,14,23H,4-7,11H2,1-3H3,(H,19,22). The molecular formula is C18H25N3O3. The fraction of sp³-hybridized carbons (Fsp3) is 0.556. The topological polar surface area (TPSA) is 80.3 Å². The molecule has 1 amide bonds. The van der Waals surface area contributed by atoms with Crippen molar-refractivity contribution >= 4 is 5.91 Å². The number of hydrogen-bond donors (Lipinski definition) is 2. The van der Waals surface area contributed by atoms with Crippen molar-refractivity contribution in [3.8, 4) is 0 Å². The highest BCUT2D eigenvalue weighted by Crippen LogP contribution is 2.30. The minimum absolute atomic E-state index is 0.0762. The third-order valence-corrected chi connectivity index (χ3v) is 4.82. The zero-order valence-corrected chi connectivity index (χ0v) is 14.5. The zero-order chi connectivity index (χ0) is 17.3. The maximum absolute atomic E-state index is 12.5. The molecular weight excluding hydrogens is 306 g/mol. The Labute approximate surface area is 141 Å². The summed E-state index contributed by atoms with van der Waals surface area (Å²) in [7, 11) is 0. The molecule has 2 heterocycles. The first kappa shape index (κ1) is 16.8. The highest BCUT2D eigenvalue weighted by Gasteiger charge is 2.28. The molecule has 1 aliphatic carbocycles. The van der Waals surface area contributed by atoms with Crippen LogP contribution < -0.4 is 5.32 Å². The number of amides is 1. The number of rotatable bonds is 5. The number of hydrogen-bond acceptors (Lipinski definition) is 4. The van der Waals surface area contributed by atoms with E-state index in [4.69, 9.17) is 4.42 Å². The number of aliphatic hydroxyl groups is 1. The van der Waals surface area contributed by atoms with E-state index in [0.29, 0.717) is 17.4 Å². The maximum atomic E-state index is 12.5. The average molecular weight is 331 g/mol. The Balaban J connectivity index is 1.67. The van der Waals surface area contributed by atoms with E-state index in [1.165, 1.54) is 12.8 Å². The van der Waals surface area contributed by atoms with Gasteiger partial charge in [0.2, 0.25) is 0 Å². The Kier molecular flexibility index (Phi) is 4.49. The Morgan fingerprint density at radius 2 is 2.12 bits per heavy atom. The third-order valence-electron chi connectivity index (χ3n) is 4.82. The van der Waals surface area contributed by atoms with Crippen LogP contribution in [0.3, 0.4) is 0 Å². The van der Waals surface area contributed by atoms with Crippen LogP contribution in [0.4, 0.5) is 0 Å². The molecule has 1 saturated carbocycles. The Morgan fingerprint density at radius 3 is 2.75 bits per heavy atom. The van der Waals surface area contributed by atoms with Crippen LogP contribution in [0.2, 0.25) is 0 Å². The molecule has 2 N–H and O–H groups in total.